The molecule has 0 bridgehead atoms. The van der Waals surface area contributed by atoms with Crippen LogP contribution in [-0.4, -0.2) is 67.8 Å². The fraction of sp³-hybridized carbons (Fsp3) is 0.417. The Morgan fingerprint density at radius 2 is 1.61 bits per heavy atom. The molecule has 0 unspecified atom stereocenters. The predicted molar refractivity (Wildman–Crippen MR) is 125 cm³/mol. The van der Waals surface area contributed by atoms with Crippen LogP contribution in [0.1, 0.15) is 18.4 Å². The average Bonchev–Trinajstić information content (AvgIpc) is 3.28. The Kier molecular flexibility index (Phi) is 5.84. The zero-order valence-corrected chi connectivity index (χ0v) is 19.5. The molecule has 0 radical (unpaired) electrons. The first-order valence-electron chi connectivity index (χ1n) is 11.4. The highest BCUT2D eigenvalue weighted by Crippen LogP contribution is 2.28. The number of amides is 1. The maximum Gasteiger partial charge on any atom is 0.298 e. The van der Waals surface area contributed by atoms with Gasteiger partial charge >= 0.3 is 0 Å². The van der Waals surface area contributed by atoms with E-state index in [2.05, 4.69) is 9.88 Å². The summed E-state index contributed by atoms with van der Waals surface area (Å²) in [6, 6.07) is 15.2. The van der Waals surface area contributed by atoms with Crippen LogP contribution in [0.5, 0.6) is 0 Å². The number of carbonyl (C=O) groups excluding carboxylic acids is 1. The van der Waals surface area contributed by atoms with E-state index in [1.54, 1.807) is 24.3 Å². The van der Waals surface area contributed by atoms with E-state index in [0.717, 1.165) is 29.5 Å². The molecule has 5 rings (SSSR count). The maximum absolute atomic E-state index is 13.1. The molecular formula is C24H28N4O4S. The van der Waals surface area contributed by atoms with Crippen molar-refractivity contribution < 1.29 is 17.6 Å². The van der Waals surface area contributed by atoms with Gasteiger partial charge in [-0.05, 0) is 44.0 Å². The third-order valence-electron chi connectivity index (χ3n) is 6.61. The summed E-state index contributed by atoms with van der Waals surface area (Å²) in [5.74, 6) is 0.0745. The van der Waals surface area contributed by atoms with E-state index >= 15 is 0 Å². The van der Waals surface area contributed by atoms with Crippen molar-refractivity contribution in [3.8, 4) is 0 Å². The Labute approximate surface area is 193 Å². The first kappa shape index (κ1) is 21.9. The van der Waals surface area contributed by atoms with Gasteiger partial charge in [0, 0.05) is 45.2 Å². The van der Waals surface area contributed by atoms with E-state index in [9.17, 15) is 13.2 Å². The molecule has 2 aliphatic rings. The fourth-order valence-electron chi connectivity index (χ4n) is 4.58. The normalized spacial score (nSPS) is 18.7. The van der Waals surface area contributed by atoms with Crippen molar-refractivity contribution >= 4 is 33.0 Å². The number of hydrogen-bond acceptors (Lipinski definition) is 6. The lowest BCUT2D eigenvalue weighted by Crippen LogP contribution is -2.52. The Morgan fingerprint density at radius 3 is 2.27 bits per heavy atom. The van der Waals surface area contributed by atoms with Crippen molar-refractivity contribution in [2.75, 3.05) is 44.2 Å². The smallest absolute Gasteiger partial charge is 0.298 e. The lowest BCUT2D eigenvalue weighted by molar-refractivity contribution is -0.137. The van der Waals surface area contributed by atoms with Gasteiger partial charge in [0.1, 0.15) is 5.52 Å². The Bertz CT molecular complexity index is 1210. The monoisotopic (exact) mass is 468 g/mol. The summed E-state index contributed by atoms with van der Waals surface area (Å²) in [6.45, 7) is 4.85. The number of hydrogen-bond donors (Lipinski definition) is 0. The number of rotatable bonds is 4. The molecule has 1 amide bonds. The molecule has 9 heteroatoms. The van der Waals surface area contributed by atoms with E-state index < -0.39 is 10.0 Å². The van der Waals surface area contributed by atoms with Crippen molar-refractivity contribution in [1.82, 2.24) is 14.2 Å². The zero-order valence-electron chi connectivity index (χ0n) is 18.7. The number of aromatic nitrogens is 1. The Morgan fingerprint density at radius 1 is 0.939 bits per heavy atom. The van der Waals surface area contributed by atoms with Crippen molar-refractivity contribution in [2.24, 2.45) is 5.92 Å². The first-order valence-corrected chi connectivity index (χ1v) is 12.8. The summed E-state index contributed by atoms with van der Waals surface area (Å²) in [5, 5.41) is 0. The summed E-state index contributed by atoms with van der Waals surface area (Å²) in [5.41, 5.74) is 2.62. The van der Waals surface area contributed by atoms with Crippen LogP contribution in [0.3, 0.4) is 0 Å². The number of oxazole rings is 1. The minimum atomic E-state index is -3.53. The van der Waals surface area contributed by atoms with Gasteiger partial charge in [-0.3, -0.25) is 4.79 Å². The van der Waals surface area contributed by atoms with Crippen LogP contribution in [-0.2, 0) is 14.8 Å². The van der Waals surface area contributed by atoms with Crippen molar-refractivity contribution in [2.45, 2.75) is 24.7 Å². The molecule has 0 aliphatic carbocycles. The summed E-state index contributed by atoms with van der Waals surface area (Å²) in [7, 11) is -3.53. The van der Waals surface area contributed by atoms with Crippen LogP contribution in [0.4, 0.5) is 6.01 Å². The van der Waals surface area contributed by atoms with E-state index in [4.69, 9.17) is 4.42 Å². The number of sulfonamides is 1. The second-order valence-electron chi connectivity index (χ2n) is 8.77. The molecule has 174 valence electrons. The van der Waals surface area contributed by atoms with Crippen LogP contribution in [0, 0.1) is 12.8 Å². The first-order chi connectivity index (χ1) is 15.9. The number of para-hydroxylation sites is 2. The lowest BCUT2D eigenvalue weighted by Gasteiger charge is -2.37. The molecule has 0 atom stereocenters. The van der Waals surface area contributed by atoms with Gasteiger partial charge in [-0.1, -0.05) is 29.8 Å². The highest BCUT2D eigenvalue weighted by Gasteiger charge is 2.34. The summed E-state index contributed by atoms with van der Waals surface area (Å²) in [4.78, 5) is 21.9. The molecule has 3 aromatic rings. The molecule has 8 nitrogen and oxygen atoms in total. The fourth-order valence-corrected chi connectivity index (χ4v) is 6.00. The zero-order chi connectivity index (χ0) is 23.0. The molecule has 2 saturated heterocycles. The van der Waals surface area contributed by atoms with Crippen LogP contribution >= 0.6 is 0 Å². The van der Waals surface area contributed by atoms with Gasteiger partial charge in [-0.2, -0.15) is 9.29 Å². The average molecular weight is 469 g/mol. The van der Waals surface area contributed by atoms with Gasteiger partial charge in [0.25, 0.3) is 6.01 Å². The van der Waals surface area contributed by atoms with E-state index in [0.29, 0.717) is 50.2 Å². The van der Waals surface area contributed by atoms with Gasteiger partial charge in [0.05, 0.1) is 4.90 Å². The van der Waals surface area contributed by atoms with Crippen LogP contribution < -0.4 is 4.90 Å². The quantitative estimate of drug-likeness (QED) is 0.585. The van der Waals surface area contributed by atoms with Gasteiger partial charge in [-0.25, -0.2) is 8.42 Å². The Hall–Kier alpha value is -2.91. The van der Waals surface area contributed by atoms with Crippen LogP contribution in [0.15, 0.2) is 57.8 Å². The van der Waals surface area contributed by atoms with E-state index in [1.165, 1.54) is 4.31 Å². The second kappa shape index (κ2) is 8.79. The molecule has 0 saturated carbocycles. The number of piperazine rings is 1. The van der Waals surface area contributed by atoms with Gasteiger partial charge < -0.3 is 14.2 Å². The predicted octanol–water partition coefficient (Wildman–Crippen LogP) is 2.89. The third kappa shape index (κ3) is 4.35. The van der Waals surface area contributed by atoms with E-state index in [1.807, 2.05) is 36.1 Å². The maximum atomic E-state index is 13.1. The molecule has 0 N–H and O–H groups in total. The highest BCUT2D eigenvalue weighted by atomic mass is 32.2. The number of aryl methyl sites for hydroxylation is 1. The van der Waals surface area contributed by atoms with Crippen LogP contribution in [0.25, 0.3) is 11.1 Å². The minimum Gasteiger partial charge on any atom is -0.423 e. The van der Waals surface area contributed by atoms with Crippen LogP contribution in [0.2, 0.25) is 0 Å². The standard InChI is InChI=1S/C24H28N4O4S/c1-18-6-8-20(9-7-18)33(30,31)28-16-14-26(15-17-28)23(29)19-10-12-27(13-11-19)24-25-21-4-2-3-5-22(21)32-24/h2-9,19H,10-17H2,1H3. The number of piperidine rings is 1. The SMILES string of the molecule is Cc1ccc(S(=O)(=O)N2CCN(C(=O)C3CCN(c4nc5ccccc5o4)CC3)CC2)cc1. The third-order valence-corrected chi connectivity index (χ3v) is 8.52. The number of nitrogens with zero attached hydrogens (tertiary/aromatic N) is 4. The topological polar surface area (TPSA) is 87.0 Å². The highest BCUT2D eigenvalue weighted by molar-refractivity contribution is 7.89. The summed E-state index contributed by atoms with van der Waals surface area (Å²) < 4.78 is 33.2. The Balaban J connectivity index is 1.16. The van der Waals surface area contributed by atoms with Crippen molar-refractivity contribution in [3.05, 3.63) is 54.1 Å². The molecular weight excluding hydrogens is 440 g/mol. The summed E-state index contributed by atoms with van der Waals surface area (Å²) in [6.07, 6.45) is 1.47. The molecule has 2 aliphatic heterocycles. The largest absolute Gasteiger partial charge is 0.423 e. The number of carbonyl (C=O) groups is 1. The number of anilines is 1. The number of fused-ring (bicyclic) bond motifs is 1. The second-order valence-corrected chi connectivity index (χ2v) is 10.7. The molecule has 2 aromatic carbocycles. The van der Waals surface area contributed by atoms with Crippen molar-refractivity contribution in [1.29, 1.82) is 0 Å². The van der Waals surface area contributed by atoms with Gasteiger partial charge in [0.2, 0.25) is 15.9 Å². The summed E-state index contributed by atoms with van der Waals surface area (Å²) >= 11 is 0. The molecule has 2 fully saturated rings. The van der Waals surface area contributed by atoms with Gasteiger partial charge in [0.15, 0.2) is 5.58 Å². The van der Waals surface area contributed by atoms with E-state index in [-0.39, 0.29) is 11.8 Å². The molecule has 0 spiro atoms. The number of benzene rings is 2. The molecule has 3 heterocycles. The molecule has 33 heavy (non-hydrogen) atoms. The van der Waals surface area contributed by atoms with Gasteiger partial charge in [-0.15, -0.1) is 0 Å². The van der Waals surface area contributed by atoms with Crippen molar-refractivity contribution in [3.63, 3.8) is 0 Å². The minimum absolute atomic E-state index is 0.0501. The molecule has 1 aromatic heterocycles. The lowest BCUT2D eigenvalue weighted by atomic mass is 9.95.